The molecular weight excluding hydrogens is 1550 g/mol. The molecule has 128 heavy (non-hydrogen) atoms. The highest BCUT2D eigenvalue weighted by Crippen LogP contribution is 2.49. The Morgan fingerprint density at radius 2 is 0.352 bits per heavy atom. The van der Waals surface area contributed by atoms with Gasteiger partial charge in [-0.1, -0.05) is 376 Å². The van der Waals surface area contributed by atoms with Gasteiger partial charge in [-0.2, -0.15) is 0 Å². The molecule has 0 aromatic heterocycles. The fourth-order valence-electron chi connectivity index (χ4n) is 18.9. The first-order valence-electron chi connectivity index (χ1n) is 44.2. The van der Waals surface area contributed by atoms with E-state index in [9.17, 15) is 0 Å². The van der Waals surface area contributed by atoms with Crippen LogP contribution in [0.5, 0.6) is 0 Å². The molecule has 0 spiro atoms. The van der Waals surface area contributed by atoms with Gasteiger partial charge in [0.2, 0.25) is 0 Å². The van der Waals surface area contributed by atoms with Gasteiger partial charge in [0.05, 0.1) is 22.7 Å². The van der Waals surface area contributed by atoms with Gasteiger partial charge >= 0.3 is 0 Å². The molecule has 0 amide bonds. The van der Waals surface area contributed by atoms with Crippen molar-refractivity contribution in [1.82, 2.24) is 0 Å². The second kappa shape index (κ2) is 34.7. The maximum atomic E-state index is 2.43. The third kappa shape index (κ3) is 15.5. The number of hydrogen-bond acceptors (Lipinski definition) is 4. The molecule has 4 heteroatoms. The third-order valence-electron chi connectivity index (χ3n) is 25.2. The van der Waals surface area contributed by atoms with Crippen molar-refractivity contribution in [3.63, 3.8) is 0 Å². The second-order valence-electron chi connectivity index (χ2n) is 33.4. The fourth-order valence-corrected chi connectivity index (χ4v) is 18.9. The number of aryl methyl sites for hydroxylation is 4. The molecule has 0 aliphatic rings. The number of benzene rings is 24. The topological polar surface area (TPSA) is 13.0 Å². The summed E-state index contributed by atoms with van der Waals surface area (Å²) in [5.41, 5.74) is 19.1. The zero-order valence-corrected chi connectivity index (χ0v) is 72.0. The number of para-hydroxylation sites is 1. The summed E-state index contributed by atoms with van der Waals surface area (Å²) in [6, 6.07) is 175. The van der Waals surface area contributed by atoms with Crippen molar-refractivity contribution in [3.8, 4) is 0 Å². The van der Waals surface area contributed by atoms with Crippen molar-refractivity contribution >= 4 is 198 Å². The molecule has 24 rings (SSSR count). The van der Waals surface area contributed by atoms with E-state index in [0.717, 1.165) is 11.4 Å². The molecule has 0 saturated heterocycles. The van der Waals surface area contributed by atoms with Crippen LogP contribution in [0.25, 0.3) is 129 Å². The van der Waals surface area contributed by atoms with Gasteiger partial charge in [0, 0.05) is 67.0 Å². The molecule has 0 aliphatic carbocycles. The van der Waals surface area contributed by atoms with Gasteiger partial charge in [0.15, 0.2) is 0 Å². The Kier molecular flexibility index (Phi) is 21.4. The van der Waals surface area contributed by atoms with Gasteiger partial charge in [0.25, 0.3) is 0 Å². The predicted octanol–water partition coefficient (Wildman–Crippen LogP) is 35.7. The number of anilines is 12. The zero-order chi connectivity index (χ0) is 86.0. The van der Waals surface area contributed by atoms with E-state index in [4.69, 9.17) is 0 Å². The summed E-state index contributed by atoms with van der Waals surface area (Å²) in [5.74, 6) is 0. The summed E-state index contributed by atoms with van der Waals surface area (Å²) in [4.78, 5) is 9.55. The van der Waals surface area contributed by atoms with Crippen LogP contribution in [0.15, 0.2) is 485 Å². The average Bonchev–Trinajstić information content (AvgIpc) is 0.747. The summed E-state index contributed by atoms with van der Waals surface area (Å²) in [7, 11) is 0. The van der Waals surface area contributed by atoms with Crippen molar-refractivity contribution in [3.05, 3.63) is 508 Å². The molecule has 0 bridgehead atoms. The van der Waals surface area contributed by atoms with E-state index in [1.165, 1.54) is 208 Å². The molecule has 0 N–H and O–H groups in total. The lowest BCUT2D eigenvalue weighted by molar-refractivity contribution is 1.26. The highest BCUT2D eigenvalue weighted by atomic mass is 15.2. The Morgan fingerprint density at radius 1 is 0.117 bits per heavy atom. The maximum Gasteiger partial charge on any atom is 0.0540 e. The molecule has 0 radical (unpaired) electrons. The lowest BCUT2D eigenvalue weighted by Gasteiger charge is -2.28. The van der Waals surface area contributed by atoms with Crippen molar-refractivity contribution < 1.29 is 0 Å². The first-order chi connectivity index (χ1) is 63.1. The minimum absolute atomic E-state index is 1.15. The van der Waals surface area contributed by atoms with E-state index in [-0.39, 0.29) is 0 Å². The van der Waals surface area contributed by atoms with Gasteiger partial charge in [-0.15, -0.1) is 0 Å². The van der Waals surface area contributed by atoms with E-state index in [1.54, 1.807) is 0 Å². The molecule has 0 aliphatic heterocycles. The van der Waals surface area contributed by atoms with Crippen LogP contribution in [-0.4, -0.2) is 0 Å². The number of hydrogen-bond donors (Lipinski definition) is 0. The Labute approximate surface area is 747 Å². The van der Waals surface area contributed by atoms with Crippen molar-refractivity contribution in [1.29, 1.82) is 0 Å². The minimum Gasteiger partial charge on any atom is -0.310 e. The fraction of sp³-hybridized carbons (Fsp3) is 0.0323. The highest BCUT2D eigenvalue weighted by Gasteiger charge is 2.24. The predicted molar refractivity (Wildman–Crippen MR) is 554 cm³/mol. The van der Waals surface area contributed by atoms with E-state index >= 15 is 0 Å². The molecule has 4 nitrogen and oxygen atoms in total. The minimum atomic E-state index is 1.15. The molecule has 0 unspecified atom stereocenters. The number of fused-ring (bicyclic) bond motifs is 16. The molecule has 24 aromatic carbocycles. The molecule has 24 aromatic rings. The largest absolute Gasteiger partial charge is 0.310 e. The van der Waals surface area contributed by atoms with E-state index in [0.29, 0.717) is 0 Å². The van der Waals surface area contributed by atoms with Crippen molar-refractivity contribution in [2.24, 2.45) is 0 Å². The summed E-state index contributed by atoms with van der Waals surface area (Å²) < 4.78 is 0. The maximum absolute atomic E-state index is 2.43. The van der Waals surface area contributed by atoms with Crippen LogP contribution in [0.2, 0.25) is 0 Å². The summed E-state index contributed by atoms with van der Waals surface area (Å²) in [5, 5.41) is 30.3. The lowest BCUT2D eigenvalue weighted by Crippen LogP contribution is -2.11. The van der Waals surface area contributed by atoms with Crippen LogP contribution in [0.3, 0.4) is 0 Å². The van der Waals surface area contributed by atoms with Gasteiger partial charge < -0.3 is 19.6 Å². The van der Waals surface area contributed by atoms with Crippen LogP contribution in [-0.2, 0) is 0 Å². The Morgan fingerprint density at radius 3 is 0.680 bits per heavy atom. The van der Waals surface area contributed by atoms with Gasteiger partial charge in [0.1, 0.15) is 0 Å². The SMILES string of the molecule is Cc1ccc(N(c2cccc3c2ccc2ccccc23)c2cccc3c2ccc2ccccc23)cc1.Cc1cccc(N(c2ccc3ccccc3c2)c2ccc3ccccc3c2)c1.Cc1cccc(N(c2cccc3c2ccc2ccccc23)c2cccc3c2ccc2ccccc23)c1.Cc1ccccc1N(c1ccc2ccccc2c1)c1ccc2ccccc2c1. The van der Waals surface area contributed by atoms with Crippen LogP contribution in [0.4, 0.5) is 68.2 Å². The van der Waals surface area contributed by atoms with E-state index in [2.05, 4.69) is 533 Å². The van der Waals surface area contributed by atoms with Crippen LogP contribution in [0.1, 0.15) is 22.3 Å². The number of nitrogens with zero attached hydrogens (tertiary/aromatic N) is 4. The van der Waals surface area contributed by atoms with Crippen LogP contribution < -0.4 is 19.6 Å². The van der Waals surface area contributed by atoms with Crippen molar-refractivity contribution in [2.45, 2.75) is 27.7 Å². The van der Waals surface area contributed by atoms with Gasteiger partial charge in [-0.25, -0.2) is 0 Å². The smallest absolute Gasteiger partial charge is 0.0540 e. The average molecular weight is 1640 g/mol. The molecule has 0 heterocycles. The first kappa shape index (κ1) is 78.8. The lowest BCUT2D eigenvalue weighted by atomic mass is 9.98. The first-order valence-corrected chi connectivity index (χ1v) is 44.2. The monoisotopic (exact) mass is 1640 g/mol. The van der Waals surface area contributed by atoms with Crippen LogP contribution >= 0.6 is 0 Å². The molecular formula is C124H92N4. The quantitative estimate of drug-likeness (QED) is 0.113. The van der Waals surface area contributed by atoms with Crippen molar-refractivity contribution in [2.75, 3.05) is 19.6 Å². The third-order valence-corrected chi connectivity index (χ3v) is 25.2. The highest BCUT2D eigenvalue weighted by molar-refractivity contribution is 6.19. The molecule has 0 fully saturated rings. The summed E-state index contributed by atoms with van der Waals surface area (Å²) in [6.45, 7) is 8.62. The zero-order valence-electron chi connectivity index (χ0n) is 72.0. The summed E-state index contributed by atoms with van der Waals surface area (Å²) in [6.07, 6.45) is 0. The molecule has 0 saturated carbocycles. The Bertz CT molecular complexity index is 7920. The van der Waals surface area contributed by atoms with E-state index < -0.39 is 0 Å². The van der Waals surface area contributed by atoms with E-state index in [1.807, 2.05) is 0 Å². The normalized spacial score (nSPS) is 11.3. The summed E-state index contributed by atoms with van der Waals surface area (Å²) >= 11 is 0. The molecule has 608 valence electrons. The van der Waals surface area contributed by atoms with Crippen LogP contribution in [0, 0.1) is 27.7 Å². The Balaban J connectivity index is 0.000000104. The Hall–Kier alpha value is -16.4. The molecule has 0 atom stereocenters. The van der Waals surface area contributed by atoms with Gasteiger partial charge in [-0.05, 0) is 267 Å². The number of rotatable bonds is 12. The second-order valence-corrected chi connectivity index (χ2v) is 33.4. The standard InChI is InChI=1S/2C35H25N.2C27H21N/c1-24-9-6-12-27(23-24)36(34-17-7-15-30-28-13-4-2-10-25(28)19-21-32(30)34)35-18-8-16-31-29-14-5-3-11-26(29)20-22-33(31)35;1-24-16-20-27(21-17-24)36(34-14-6-12-30-28-10-4-2-8-25(28)18-22-32(30)34)35-15-7-13-31-29-11-5-3-9-26(29)19-23-33(31)35;1-20-8-2-7-13-27(20)28(25-16-14-21-9-3-5-11-23(21)18-25)26-17-15-22-10-4-6-12-24(22)19-26;1-20-7-6-12-25(17-20)28(26-15-13-21-8-2-4-10-23(21)18-26)27-16-14-22-9-3-5-11-24(22)19-27/h2*2-23H,1H3;2*2-19H,1H3. The van der Waals surface area contributed by atoms with Gasteiger partial charge in [-0.3, -0.25) is 0 Å².